The molecular formula is C18H31BN2O4. The summed E-state index contributed by atoms with van der Waals surface area (Å²) in [7, 11) is -0.156. The summed E-state index contributed by atoms with van der Waals surface area (Å²) in [6.45, 7) is 7.98. The first-order valence-electron chi connectivity index (χ1n) is 9.74. The molecule has 2 aliphatic heterocycles. The minimum absolute atomic E-state index is 0.0315. The Morgan fingerprint density at radius 1 is 1.36 bits per heavy atom. The normalized spacial score (nSPS) is 47.4. The van der Waals surface area contributed by atoms with Gasteiger partial charge in [0.25, 0.3) is 0 Å². The number of carboxylic acid groups (broad SMARTS) is 1. The first kappa shape index (κ1) is 17.8. The van der Waals surface area contributed by atoms with Crippen molar-refractivity contribution in [3.05, 3.63) is 0 Å². The van der Waals surface area contributed by atoms with E-state index < -0.39 is 11.5 Å². The second-order valence-corrected chi connectivity index (χ2v) is 9.50. The van der Waals surface area contributed by atoms with Crippen LogP contribution in [0.15, 0.2) is 0 Å². The molecule has 6 atom stereocenters. The molecule has 7 heteroatoms. The maximum Gasteiger partial charge on any atom is 0.457 e. The number of hydrogen-bond acceptors (Lipinski definition) is 5. The number of hydrogen-bond donors (Lipinski definition) is 3. The fourth-order valence-electron chi connectivity index (χ4n) is 6.00. The molecule has 3 aliphatic carbocycles. The van der Waals surface area contributed by atoms with Crippen LogP contribution in [0.4, 0.5) is 0 Å². The zero-order valence-corrected chi connectivity index (χ0v) is 15.6. The number of aliphatic carboxylic acids is 1. The predicted octanol–water partition coefficient (Wildman–Crippen LogP) is 1.50. The second kappa shape index (κ2) is 5.68. The highest BCUT2D eigenvalue weighted by Gasteiger charge is 2.67. The first-order chi connectivity index (χ1) is 11.7. The molecule has 2 saturated heterocycles. The Balaban J connectivity index is 1.32. The zero-order chi connectivity index (χ0) is 18.0. The molecule has 140 valence electrons. The Kier molecular flexibility index (Phi) is 4.04. The summed E-state index contributed by atoms with van der Waals surface area (Å²) in [6, 6.07) is 0. The van der Waals surface area contributed by atoms with Crippen LogP contribution in [0.25, 0.3) is 0 Å². The highest BCUT2D eigenvalue weighted by atomic mass is 16.7. The molecule has 2 bridgehead atoms. The monoisotopic (exact) mass is 350 g/mol. The average molecular weight is 350 g/mol. The minimum Gasteiger partial charge on any atom is -0.480 e. The van der Waals surface area contributed by atoms with Crippen molar-refractivity contribution < 1.29 is 19.2 Å². The molecule has 0 aromatic rings. The van der Waals surface area contributed by atoms with E-state index in [2.05, 4.69) is 26.1 Å². The summed E-state index contributed by atoms with van der Waals surface area (Å²) < 4.78 is 12.7. The standard InChI is InChI=1S/C18H31BN2O4/c1-16(2)12-7-13(16)17(3)14(8-12)24-19(25-17)6-4-5-11-9-21-10-18(11,20)15(22)23/h11-14,21H,4-10,20H2,1-3H3,(H,22,23)/t11?,12-,13-,14+,17-,18?/m1/s1. The van der Waals surface area contributed by atoms with Gasteiger partial charge in [-0.2, -0.15) is 0 Å². The highest BCUT2D eigenvalue weighted by molar-refractivity contribution is 6.45. The van der Waals surface area contributed by atoms with Crippen molar-refractivity contribution in [2.24, 2.45) is 28.9 Å². The van der Waals surface area contributed by atoms with Gasteiger partial charge in [-0.25, -0.2) is 0 Å². The van der Waals surface area contributed by atoms with Crippen LogP contribution >= 0.6 is 0 Å². The van der Waals surface area contributed by atoms with Gasteiger partial charge in [-0.05, 0) is 49.8 Å². The van der Waals surface area contributed by atoms with Gasteiger partial charge >= 0.3 is 13.1 Å². The molecule has 0 amide bonds. The van der Waals surface area contributed by atoms with E-state index in [0.29, 0.717) is 24.4 Å². The molecule has 5 aliphatic rings. The Morgan fingerprint density at radius 3 is 2.80 bits per heavy atom. The SMILES string of the molecule is CC1(C)[C@H]2C[C@@H]3OB(CCCC4CNCC4(N)C(=O)O)O[C@]3(C)[C@@H]1C2. The van der Waals surface area contributed by atoms with Crippen molar-refractivity contribution in [1.82, 2.24) is 5.32 Å². The summed E-state index contributed by atoms with van der Waals surface area (Å²) in [5.74, 6) is 0.403. The molecule has 6 nitrogen and oxygen atoms in total. The molecule has 0 aromatic carbocycles. The molecule has 2 unspecified atom stereocenters. The average Bonchev–Trinajstić information content (AvgIpc) is 3.07. The van der Waals surface area contributed by atoms with Gasteiger partial charge in [0, 0.05) is 19.0 Å². The number of carbonyl (C=O) groups is 1. The summed E-state index contributed by atoms with van der Waals surface area (Å²) in [5, 5.41) is 12.5. The van der Waals surface area contributed by atoms with E-state index in [-0.39, 0.29) is 24.7 Å². The number of nitrogens with two attached hydrogens (primary N) is 1. The smallest absolute Gasteiger partial charge is 0.457 e. The molecule has 2 heterocycles. The summed E-state index contributed by atoms with van der Waals surface area (Å²) in [4.78, 5) is 11.5. The number of rotatable bonds is 5. The third-order valence-electron chi connectivity index (χ3n) is 7.93. The van der Waals surface area contributed by atoms with Crippen molar-refractivity contribution in [3.63, 3.8) is 0 Å². The number of carboxylic acids is 1. The lowest BCUT2D eigenvalue weighted by molar-refractivity contribution is -0.199. The Hall–Kier alpha value is -0.625. The third-order valence-corrected chi connectivity index (χ3v) is 7.93. The van der Waals surface area contributed by atoms with Crippen molar-refractivity contribution in [1.29, 1.82) is 0 Å². The van der Waals surface area contributed by atoms with Gasteiger partial charge in [0.15, 0.2) is 0 Å². The lowest BCUT2D eigenvalue weighted by atomic mass is 9.43. The van der Waals surface area contributed by atoms with Crippen LogP contribution in [0.5, 0.6) is 0 Å². The predicted molar refractivity (Wildman–Crippen MR) is 95.1 cm³/mol. The van der Waals surface area contributed by atoms with Gasteiger partial charge in [0.1, 0.15) is 5.54 Å². The maximum absolute atomic E-state index is 11.5. The summed E-state index contributed by atoms with van der Waals surface area (Å²) >= 11 is 0. The van der Waals surface area contributed by atoms with Crippen molar-refractivity contribution in [2.75, 3.05) is 13.1 Å². The zero-order valence-electron chi connectivity index (χ0n) is 15.6. The van der Waals surface area contributed by atoms with Gasteiger partial charge in [-0.1, -0.05) is 20.3 Å². The van der Waals surface area contributed by atoms with Gasteiger partial charge < -0.3 is 25.5 Å². The lowest BCUT2D eigenvalue weighted by Crippen LogP contribution is -2.65. The van der Waals surface area contributed by atoms with E-state index in [1.54, 1.807) is 0 Å². The largest absolute Gasteiger partial charge is 0.480 e. The van der Waals surface area contributed by atoms with Crippen molar-refractivity contribution in [2.45, 2.75) is 70.0 Å². The van der Waals surface area contributed by atoms with E-state index in [4.69, 9.17) is 15.0 Å². The fourth-order valence-corrected chi connectivity index (χ4v) is 6.00. The highest BCUT2D eigenvalue weighted by Crippen LogP contribution is 2.65. The topological polar surface area (TPSA) is 93.8 Å². The molecule has 5 rings (SSSR count). The minimum atomic E-state index is -1.14. The molecule has 0 spiro atoms. The van der Waals surface area contributed by atoms with Crippen LogP contribution in [-0.2, 0) is 14.1 Å². The van der Waals surface area contributed by atoms with Crippen molar-refractivity contribution in [3.8, 4) is 0 Å². The molecule has 3 saturated carbocycles. The molecule has 0 aromatic heterocycles. The van der Waals surface area contributed by atoms with Gasteiger partial charge in [0.2, 0.25) is 0 Å². The molecule has 4 N–H and O–H groups in total. The van der Waals surface area contributed by atoms with Gasteiger partial charge in [-0.15, -0.1) is 0 Å². The maximum atomic E-state index is 11.5. The van der Waals surface area contributed by atoms with Crippen LogP contribution in [-0.4, -0.2) is 48.5 Å². The van der Waals surface area contributed by atoms with Crippen LogP contribution in [0.2, 0.25) is 6.32 Å². The summed E-state index contributed by atoms with van der Waals surface area (Å²) in [5.41, 5.74) is 5.15. The lowest BCUT2D eigenvalue weighted by Gasteiger charge is -2.64. The number of nitrogens with one attached hydrogen (secondary N) is 1. The second-order valence-electron chi connectivity index (χ2n) is 9.50. The van der Waals surface area contributed by atoms with Crippen LogP contribution in [0.1, 0.15) is 46.5 Å². The van der Waals surface area contributed by atoms with E-state index in [1.807, 2.05) is 0 Å². The van der Waals surface area contributed by atoms with E-state index >= 15 is 0 Å². The van der Waals surface area contributed by atoms with Gasteiger partial charge in [0.05, 0.1) is 11.7 Å². The molecule has 25 heavy (non-hydrogen) atoms. The first-order valence-corrected chi connectivity index (χ1v) is 9.74. The van der Waals surface area contributed by atoms with Crippen LogP contribution in [0.3, 0.4) is 0 Å². The van der Waals surface area contributed by atoms with Crippen LogP contribution in [0, 0.1) is 23.2 Å². The fraction of sp³-hybridized carbons (Fsp3) is 0.944. The summed E-state index contributed by atoms with van der Waals surface area (Å²) in [6.07, 6.45) is 5.07. The Morgan fingerprint density at radius 2 is 2.12 bits per heavy atom. The quantitative estimate of drug-likeness (QED) is 0.651. The molecular weight excluding hydrogens is 319 g/mol. The van der Waals surface area contributed by atoms with Crippen molar-refractivity contribution >= 4 is 13.1 Å². The van der Waals surface area contributed by atoms with Crippen LogP contribution < -0.4 is 11.1 Å². The third kappa shape index (κ3) is 2.50. The molecule has 5 fully saturated rings. The van der Waals surface area contributed by atoms with E-state index in [0.717, 1.165) is 31.5 Å². The van der Waals surface area contributed by atoms with Gasteiger partial charge in [-0.3, -0.25) is 4.79 Å². The van der Waals surface area contributed by atoms with E-state index in [1.165, 1.54) is 6.42 Å². The van der Waals surface area contributed by atoms with E-state index in [9.17, 15) is 9.90 Å². The Labute approximate surface area is 150 Å². The molecule has 0 radical (unpaired) electrons. The Bertz CT molecular complexity index is 573.